The molecule has 0 aliphatic rings. The summed E-state index contributed by atoms with van der Waals surface area (Å²) < 4.78 is 17.4. The zero-order chi connectivity index (χ0) is 11.4. The summed E-state index contributed by atoms with van der Waals surface area (Å²) in [5, 5.41) is 0.280. The number of hydrogen-bond acceptors (Lipinski definition) is 3. The van der Waals surface area contributed by atoms with Crippen LogP contribution >= 0.6 is 11.6 Å². The van der Waals surface area contributed by atoms with Crippen molar-refractivity contribution < 1.29 is 13.9 Å². The van der Waals surface area contributed by atoms with Crippen LogP contribution in [0.15, 0.2) is 18.2 Å². The quantitative estimate of drug-likeness (QED) is 0.803. The molecule has 0 heterocycles. The van der Waals surface area contributed by atoms with Crippen molar-refractivity contribution in [2.45, 2.75) is 12.5 Å². The molecule has 0 amide bonds. The van der Waals surface area contributed by atoms with E-state index >= 15 is 0 Å². The van der Waals surface area contributed by atoms with E-state index in [1.807, 2.05) is 0 Å². The fourth-order valence-electron chi connectivity index (χ4n) is 1.22. The summed E-state index contributed by atoms with van der Waals surface area (Å²) in [7, 11) is 1.25. The average Bonchev–Trinajstić information content (AvgIpc) is 2.14. The lowest BCUT2D eigenvalue weighted by Gasteiger charge is -2.09. The van der Waals surface area contributed by atoms with Crippen molar-refractivity contribution in [1.82, 2.24) is 0 Å². The summed E-state index contributed by atoms with van der Waals surface area (Å²) in [5.74, 6) is -0.982. The molecule has 5 heteroatoms. The van der Waals surface area contributed by atoms with Crippen LogP contribution in [0.25, 0.3) is 0 Å². The Bertz CT molecular complexity index is 350. The Labute approximate surface area is 92.0 Å². The molecule has 15 heavy (non-hydrogen) atoms. The van der Waals surface area contributed by atoms with Gasteiger partial charge in [0.05, 0.1) is 7.11 Å². The monoisotopic (exact) mass is 231 g/mol. The largest absolute Gasteiger partial charge is 0.468 e. The maximum absolute atomic E-state index is 12.9. The van der Waals surface area contributed by atoms with E-state index in [-0.39, 0.29) is 11.4 Å². The van der Waals surface area contributed by atoms with Crippen LogP contribution in [-0.2, 0) is 16.0 Å². The summed E-state index contributed by atoms with van der Waals surface area (Å²) in [6, 6.07) is 3.24. The SMILES string of the molecule is COC(=O)[C@@H](N)Cc1cc(F)cc(Cl)c1. The third kappa shape index (κ3) is 3.49. The molecule has 0 aliphatic heterocycles. The summed E-state index contributed by atoms with van der Waals surface area (Å²) in [6.45, 7) is 0. The predicted molar refractivity (Wildman–Crippen MR) is 55.1 cm³/mol. The van der Waals surface area contributed by atoms with Gasteiger partial charge in [0.15, 0.2) is 0 Å². The van der Waals surface area contributed by atoms with Crippen molar-refractivity contribution in [3.8, 4) is 0 Å². The van der Waals surface area contributed by atoms with Gasteiger partial charge in [0.25, 0.3) is 0 Å². The highest BCUT2D eigenvalue weighted by atomic mass is 35.5. The van der Waals surface area contributed by atoms with Crippen LogP contribution in [0.4, 0.5) is 4.39 Å². The topological polar surface area (TPSA) is 52.3 Å². The van der Waals surface area contributed by atoms with Crippen molar-refractivity contribution >= 4 is 17.6 Å². The van der Waals surface area contributed by atoms with Crippen LogP contribution in [0.2, 0.25) is 5.02 Å². The summed E-state index contributed by atoms with van der Waals surface area (Å²) in [6.07, 6.45) is 0.199. The van der Waals surface area contributed by atoms with Gasteiger partial charge in [0.1, 0.15) is 11.9 Å². The molecule has 0 bridgehead atoms. The number of ether oxygens (including phenoxy) is 1. The third-order valence-electron chi connectivity index (χ3n) is 1.88. The molecular formula is C10H11ClFNO2. The Kier molecular flexibility index (Phi) is 4.05. The molecule has 82 valence electrons. The fourth-order valence-corrected chi connectivity index (χ4v) is 1.46. The van der Waals surface area contributed by atoms with Gasteiger partial charge in [0.2, 0.25) is 0 Å². The summed E-state index contributed by atoms with van der Waals surface area (Å²) in [4.78, 5) is 11.0. The molecule has 1 aromatic carbocycles. The molecule has 0 saturated carbocycles. The Morgan fingerprint density at radius 2 is 2.27 bits per heavy atom. The number of methoxy groups -OCH3 is 1. The Morgan fingerprint density at radius 1 is 1.60 bits per heavy atom. The molecular weight excluding hydrogens is 221 g/mol. The van der Waals surface area contributed by atoms with Gasteiger partial charge >= 0.3 is 5.97 Å². The van der Waals surface area contributed by atoms with E-state index in [4.69, 9.17) is 17.3 Å². The minimum atomic E-state index is -0.798. The fraction of sp³-hybridized carbons (Fsp3) is 0.300. The first kappa shape index (κ1) is 11.9. The van der Waals surface area contributed by atoms with E-state index in [1.165, 1.54) is 19.2 Å². The molecule has 2 N–H and O–H groups in total. The van der Waals surface area contributed by atoms with Gasteiger partial charge in [-0.15, -0.1) is 0 Å². The Balaban J connectivity index is 2.76. The molecule has 0 aromatic heterocycles. The van der Waals surface area contributed by atoms with Gasteiger partial charge in [-0.1, -0.05) is 11.6 Å². The normalized spacial score (nSPS) is 12.3. The van der Waals surface area contributed by atoms with Crippen molar-refractivity contribution in [2.24, 2.45) is 5.73 Å². The van der Waals surface area contributed by atoms with E-state index in [0.717, 1.165) is 0 Å². The lowest BCUT2D eigenvalue weighted by molar-refractivity contribution is -0.142. The van der Waals surface area contributed by atoms with E-state index in [9.17, 15) is 9.18 Å². The maximum atomic E-state index is 12.9. The van der Waals surface area contributed by atoms with Crippen LogP contribution in [0, 0.1) is 5.82 Å². The van der Waals surface area contributed by atoms with Crippen molar-refractivity contribution in [3.63, 3.8) is 0 Å². The van der Waals surface area contributed by atoms with Gasteiger partial charge in [-0.3, -0.25) is 4.79 Å². The van der Waals surface area contributed by atoms with E-state index < -0.39 is 17.8 Å². The van der Waals surface area contributed by atoms with E-state index in [1.54, 1.807) is 6.07 Å². The lowest BCUT2D eigenvalue weighted by Crippen LogP contribution is -2.33. The van der Waals surface area contributed by atoms with Gasteiger partial charge < -0.3 is 10.5 Å². The number of rotatable bonds is 3. The summed E-state index contributed by atoms with van der Waals surface area (Å²) >= 11 is 5.65. The van der Waals surface area contributed by atoms with Crippen LogP contribution in [0.5, 0.6) is 0 Å². The van der Waals surface area contributed by atoms with Crippen molar-refractivity contribution in [2.75, 3.05) is 7.11 Å². The van der Waals surface area contributed by atoms with Gasteiger partial charge in [0, 0.05) is 5.02 Å². The molecule has 0 aliphatic carbocycles. The zero-order valence-electron chi connectivity index (χ0n) is 8.17. The number of benzene rings is 1. The van der Waals surface area contributed by atoms with Gasteiger partial charge in [-0.2, -0.15) is 0 Å². The third-order valence-corrected chi connectivity index (χ3v) is 2.10. The van der Waals surface area contributed by atoms with E-state index in [0.29, 0.717) is 5.56 Å². The molecule has 0 fully saturated rings. The first-order valence-corrected chi connectivity index (χ1v) is 4.69. The van der Waals surface area contributed by atoms with E-state index in [2.05, 4.69) is 4.74 Å². The second-order valence-corrected chi connectivity index (χ2v) is 3.55. The number of halogens is 2. The molecule has 0 radical (unpaired) electrons. The minimum Gasteiger partial charge on any atom is -0.468 e. The molecule has 0 unspecified atom stereocenters. The van der Waals surface area contributed by atoms with Gasteiger partial charge in [-0.05, 0) is 30.2 Å². The number of esters is 1. The number of carbonyl (C=O) groups is 1. The maximum Gasteiger partial charge on any atom is 0.322 e. The second kappa shape index (κ2) is 5.09. The Hall–Kier alpha value is -1.13. The molecule has 1 atom stereocenters. The average molecular weight is 232 g/mol. The first-order valence-electron chi connectivity index (χ1n) is 4.31. The van der Waals surface area contributed by atoms with Gasteiger partial charge in [-0.25, -0.2) is 4.39 Å². The standard InChI is InChI=1S/C10H11ClFNO2/c1-15-10(14)9(13)4-6-2-7(11)5-8(12)3-6/h2-3,5,9H,4,13H2,1H3/t9-/m0/s1. The smallest absolute Gasteiger partial charge is 0.322 e. The number of hydrogen-bond donors (Lipinski definition) is 1. The highest BCUT2D eigenvalue weighted by molar-refractivity contribution is 6.30. The molecule has 0 saturated heterocycles. The van der Waals surface area contributed by atoms with Crippen LogP contribution < -0.4 is 5.73 Å². The number of nitrogens with two attached hydrogens (primary N) is 1. The highest BCUT2D eigenvalue weighted by Crippen LogP contribution is 2.15. The molecule has 0 spiro atoms. The Morgan fingerprint density at radius 3 is 2.80 bits per heavy atom. The predicted octanol–water partition coefficient (Wildman–Crippen LogP) is 1.52. The first-order chi connectivity index (χ1) is 7.02. The molecule has 1 rings (SSSR count). The minimum absolute atomic E-state index is 0.199. The number of carbonyl (C=O) groups excluding carboxylic acids is 1. The molecule has 1 aromatic rings. The second-order valence-electron chi connectivity index (χ2n) is 3.11. The lowest BCUT2D eigenvalue weighted by atomic mass is 10.1. The van der Waals surface area contributed by atoms with Crippen molar-refractivity contribution in [1.29, 1.82) is 0 Å². The highest BCUT2D eigenvalue weighted by Gasteiger charge is 2.14. The molecule has 3 nitrogen and oxygen atoms in total. The van der Waals surface area contributed by atoms with Crippen LogP contribution in [0.3, 0.4) is 0 Å². The van der Waals surface area contributed by atoms with Crippen LogP contribution in [0.1, 0.15) is 5.56 Å². The van der Waals surface area contributed by atoms with Crippen molar-refractivity contribution in [3.05, 3.63) is 34.6 Å². The zero-order valence-corrected chi connectivity index (χ0v) is 8.92. The summed E-state index contributed by atoms with van der Waals surface area (Å²) in [5.41, 5.74) is 6.09. The van der Waals surface area contributed by atoms with Crippen LogP contribution in [-0.4, -0.2) is 19.1 Å².